The number of anilines is 1. The molecule has 0 fully saturated rings. The van der Waals surface area contributed by atoms with Crippen molar-refractivity contribution < 1.29 is 0 Å². The summed E-state index contributed by atoms with van der Waals surface area (Å²) in [7, 11) is 0. The van der Waals surface area contributed by atoms with Gasteiger partial charge in [-0.3, -0.25) is 0 Å². The first-order valence-electron chi connectivity index (χ1n) is 4.31. The van der Waals surface area contributed by atoms with Gasteiger partial charge in [-0.25, -0.2) is 0 Å². The van der Waals surface area contributed by atoms with Crippen molar-refractivity contribution in [1.82, 2.24) is 0 Å². The topological polar surface area (TPSA) is 59.6 Å². The molecule has 0 heterocycles. The number of hydrogen-bond donors (Lipinski definition) is 1. The number of hydrogen-bond acceptors (Lipinski definition) is 4. The molecule has 0 aliphatic rings. The fourth-order valence-corrected chi connectivity index (χ4v) is 1.75. The molecular weight excluding hydrogens is 242 g/mol. The van der Waals surface area contributed by atoms with Crippen LogP contribution in [0, 0.1) is 22.7 Å². The maximum absolute atomic E-state index is 8.57. The lowest BCUT2D eigenvalue weighted by atomic mass is 10.3. The number of nitriles is 2. The molecule has 0 unspecified atom stereocenters. The highest BCUT2D eigenvalue weighted by Gasteiger charge is 2.01. The van der Waals surface area contributed by atoms with Gasteiger partial charge in [0.1, 0.15) is 17.7 Å². The van der Waals surface area contributed by atoms with Gasteiger partial charge in [-0.15, -0.1) is 11.8 Å². The van der Waals surface area contributed by atoms with E-state index in [0.29, 0.717) is 5.02 Å². The van der Waals surface area contributed by atoms with Crippen LogP contribution in [0.4, 0.5) is 5.69 Å². The zero-order valence-corrected chi connectivity index (χ0v) is 10.1. The van der Waals surface area contributed by atoms with Gasteiger partial charge < -0.3 is 5.32 Å². The van der Waals surface area contributed by atoms with Crippen LogP contribution in [-0.2, 0) is 0 Å². The molecule has 1 N–H and O–H groups in total. The normalized spacial score (nSPS) is 8.75. The quantitative estimate of drug-likeness (QED) is 0.659. The van der Waals surface area contributed by atoms with Gasteiger partial charge in [-0.05, 0) is 24.5 Å². The molecule has 80 valence electrons. The molecule has 0 aliphatic carbocycles. The van der Waals surface area contributed by atoms with Crippen molar-refractivity contribution in [2.24, 2.45) is 0 Å². The Hall–Kier alpha value is -1.62. The molecule has 0 saturated carbocycles. The minimum atomic E-state index is 0.0204. The molecule has 1 aromatic rings. The number of nitrogens with one attached hydrogen (secondary N) is 1. The molecule has 16 heavy (non-hydrogen) atoms. The molecule has 0 amide bonds. The minimum absolute atomic E-state index is 0.0204. The summed E-state index contributed by atoms with van der Waals surface area (Å²) in [6.45, 7) is 0. The molecule has 0 aliphatic heterocycles. The lowest BCUT2D eigenvalue weighted by molar-refractivity contribution is 1.40. The molecule has 0 aromatic heterocycles. The minimum Gasteiger partial charge on any atom is -0.359 e. The van der Waals surface area contributed by atoms with Crippen LogP contribution in [0.1, 0.15) is 0 Å². The number of allylic oxidation sites excluding steroid dienone is 1. The lowest BCUT2D eigenvalue weighted by Gasteiger charge is -2.07. The van der Waals surface area contributed by atoms with Crippen LogP contribution in [0.5, 0.6) is 0 Å². The zero-order chi connectivity index (χ0) is 12.0. The largest absolute Gasteiger partial charge is 0.359 e. The summed E-state index contributed by atoms with van der Waals surface area (Å²) >= 11 is 7.41. The average Bonchev–Trinajstić information content (AvgIpc) is 2.30. The van der Waals surface area contributed by atoms with Crippen LogP contribution in [0.3, 0.4) is 0 Å². The van der Waals surface area contributed by atoms with Crippen LogP contribution in [0.25, 0.3) is 0 Å². The Labute approximate surface area is 103 Å². The van der Waals surface area contributed by atoms with Crippen LogP contribution < -0.4 is 5.32 Å². The summed E-state index contributed by atoms with van der Waals surface area (Å²) in [5, 5.41) is 20.6. The van der Waals surface area contributed by atoms with E-state index < -0.39 is 0 Å². The van der Waals surface area contributed by atoms with Gasteiger partial charge in [0.2, 0.25) is 0 Å². The van der Waals surface area contributed by atoms with Crippen molar-refractivity contribution in [3.63, 3.8) is 0 Å². The van der Waals surface area contributed by atoms with E-state index in [0.717, 1.165) is 10.6 Å². The smallest absolute Gasteiger partial charge is 0.145 e. The van der Waals surface area contributed by atoms with E-state index in [-0.39, 0.29) is 5.57 Å². The second-order valence-electron chi connectivity index (χ2n) is 2.77. The Balaban J connectivity index is 2.98. The molecule has 0 bridgehead atoms. The van der Waals surface area contributed by atoms with Crippen LogP contribution in [0.2, 0.25) is 5.02 Å². The second-order valence-corrected chi connectivity index (χ2v) is 4.06. The SMILES string of the molecule is CSc1ccc(Cl)cc1NC=C(C#N)C#N. The molecule has 3 nitrogen and oxygen atoms in total. The number of benzene rings is 1. The number of nitrogens with zero attached hydrogens (tertiary/aromatic N) is 2. The first kappa shape index (κ1) is 12.4. The van der Waals surface area contributed by atoms with Crippen molar-refractivity contribution in [2.45, 2.75) is 4.90 Å². The summed E-state index contributed by atoms with van der Waals surface area (Å²) in [5.41, 5.74) is 0.801. The third-order valence-electron chi connectivity index (χ3n) is 1.77. The van der Waals surface area contributed by atoms with E-state index in [4.69, 9.17) is 22.1 Å². The molecule has 0 spiro atoms. The fourth-order valence-electron chi connectivity index (χ4n) is 1.03. The molecule has 1 rings (SSSR count). The highest BCUT2D eigenvalue weighted by atomic mass is 35.5. The highest BCUT2D eigenvalue weighted by Crippen LogP contribution is 2.28. The van der Waals surface area contributed by atoms with E-state index in [9.17, 15) is 0 Å². The van der Waals surface area contributed by atoms with Gasteiger partial charge in [0, 0.05) is 16.1 Å². The fraction of sp³-hybridized carbons (Fsp3) is 0.0909. The number of thioether (sulfide) groups is 1. The summed E-state index contributed by atoms with van der Waals surface area (Å²) in [4.78, 5) is 0.996. The Morgan fingerprint density at radius 2 is 2.12 bits per heavy atom. The first-order chi connectivity index (χ1) is 7.71. The highest BCUT2D eigenvalue weighted by molar-refractivity contribution is 7.98. The summed E-state index contributed by atoms with van der Waals surface area (Å²) in [6, 6.07) is 8.96. The summed E-state index contributed by atoms with van der Waals surface area (Å²) in [6.07, 6.45) is 3.30. The Morgan fingerprint density at radius 3 is 2.69 bits per heavy atom. The number of halogens is 1. The van der Waals surface area contributed by atoms with Crippen LogP contribution in [0.15, 0.2) is 34.9 Å². The average molecular weight is 250 g/mol. The Morgan fingerprint density at radius 1 is 1.44 bits per heavy atom. The third kappa shape index (κ3) is 3.20. The van der Waals surface area contributed by atoms with E-state index in [1.165, 1.54) is 6.20 Å². The maximum atomic E-state index is 8.57. The van der Waals surface area contributed by atoms with E-state index in [1.54, 1.807) is 36.0 Å². The van der Waals surface area contributed by atoms with Crippen LogP contribution in [-0.4, -0.2) is 6.26 Å². The summed E-state index contributed by atoms with van der Waals surface area (Å²) in [5.74, 6) is 0. The monoisotopic (exact) mass is 249 g/mol. The van der Waals surface area contributed by atoms with E-state index in [2.05, 4.69) is 5.32 Å². The van der Waals surface area contributed by atoms with Gasteiger partial charge in [-0.2, -0.15) is 10.5 Å². The molecule has 0 saturated heterocycles. The van der Waals surface area contributed by atoms with Gasteiger partial charge in [-0.1, -0.05) is 11.6 Å². The standard InChI is InChI=1S/C11H8ClN3S/c1-16-11-3-2-9(12)4-10(11)15-7-8(5-13)6-14/h2-4,7,15H,1H3. The van der Waals surface area contributed by atoms with Gasteiger partial charge in [0.05, 0.1) is 5.69 Å². The van der Waals surface area contributed by atoms with Crippen molar-refractivity contribution in [1.29, 1.82) is 10.5 Å². The lowest BCUT2D eigenvalue weighted by Crippen LogP contribution is -1.92. The van der Waals surface area contributed by atoms with Crippen molar-refractivity contribution in [3.8, 4) is 12.1 Å². The zero-order valence-electron chi connectivity index (χ0n) is 8.49. The van der Waals surface area contributed by atoms with Crippen molar-refractivity contribution in [2.75, 3.05) is 11.6 Å². The Kier molecular flexibility index (Phi) is 4.72. The molecule has 0 radical (unpaired) electrons. The van der Waals surface area contributed by atoms with E-state index >= 15 is 0 Å². The third-order valence-corrected chi connectivity index (χ3v) is 2.81. The van der Waals surface area contributed by atoms with Gasteiger partial charge >= 0.3 is 0 Å². The molecule has 0 atom stereocenters. The van der Waals surface area contributed by atoms with Crippen molar-refractivity contribution >= 4 is 29.1 Å². The molecule has 5 heteroatoms. The van der Waals surface area contributed by atoms with Gasteiger partial charge in [0.25, 0.3) is 0 Å². The molecular formula is C11H8ClN3S. The summed E-state index contributed by atoms with van der Waals surface area (Å²) < 4.78 is 0. The molecule has 1 aromatic carbocycles. The van der Waals surface area contributed by atoms with E-state index in [1.807, 2.05) is 12.3 Å². The predicted molar refractivity (Wildman–Crippen MR) is 66.2 cm³/mol. The van der Waals surface area contributed by atoms with Gasteiger partial charge in [0.15, 0.2) is 0 Å². The predicted octanol–water partition coefficient (Wildman–Crippen LogP) is 3.40. The second kappa shape index (κ2) is 6.07. The van der Waals surface area contributed by atoms with Crippen LogP contribution >= 0.6 is 23.4 Å². The Bertz CT molecular complexity index is 481. The van der Waals surface area contributed by atoms with Crippen molar-refractivity contribution in [3.05, 3.63) is 35.0 Å². The number of rotatable bonds is 3. The first-order valence-corrected chi connectivity index (χ1v) is 5.92. The maximum Gasteiger partial charge on any atom is 0.145 e.